The molecule has 0 unspecified atom stereocenters. The van der Waals surface area contributed by atoms with Crippen molar-refractivity contribution in [3.05, 3.63) is 29.8 Å². The molecule has 2 aliphatic rings. The Morgan fingerprint density at radius 3 is 2.60 bits per heavy atom. The van der Waals surface area contributed by atoms with Gasteiger partial charge in [0.05, 0.1) is 6.10 Å². The van der Waals surface area contributed by atoms with Crippen molar-refractivity contribution in [3.8, 4) is 5.75 Å². The summed E-state index contributed by atoms with van der Waals surface area (Å²) in [7, 11) is 0. The van der Waals surface area contributed by atoms with Gasteiger partial charge in [-0.25, -0.2) is 8.78 Å². The molecule has 2 fully saturated rings. The molecule has 112 valence electrons. The van der Waals surface area contributed by atoms with Crippen molar-refractivity contribution in [2.45, 2.75) is 25.0 Å². The van der Waals surface area contributed by atoms with Crippen molar-refractivity contribution in [1.29, 1.82) is 0 Å². The van der Waals surface area contributed by atoms with Crippen LogP contribution in [0.5, 0.6) is 5.75 Å². The van der Waals surface area contributed by atoms with Crippen LogP contribution in [0.3, 0.4) is 0 Å². The van der Waals surface area contributed by atoms with Crippen LogP contribution in [0.15, 0.2) is 18.2 Å². The van der Waals surface area contributed by atoms with E-state index in [1.165, 1.54) is 0 Å². The number of fused-ring (bicyclic) bond motifs is 1. The first kappa shape index (κ1) is 15.5. The minimum atomic E-state index is -0.621. The van der Waals surface area contributed by atoms with E-state index in [1.807, 2.05) is 0 Å². The summed E-state index contributed by atoms with van der Waals surface area (Å²) < 4.78 is 32.1. The second-order valence-electron chi connectivity index (χ2n) is 5.45. The molecule has 0 amide bonds. The normalized spacial score (nSPS) is 32.4. The topological polar surface area (TPSA) is 41.5 Å². The van der Waals surface area contributed by atoms with Gasteiger partial charge in [-0.1, -0.05) is 0 Å². The number of nitrogens with one attached hydrogen (secondary N) is 1. The SMILES string of the molecule is Cl.O[C@@H]1C[C@H]2CNC[C@H]2C[C@H]1Oc1cc(F)ccc1F. The van der Waals surface area contributed by atoms with E-state index >= 15 is 0 Å². The third-order valence-corrected chi connectivity index (χ3v) is 4.16. The average molecular weight is 306 g/mol. The predicted molar refractivity (Wildman–Crippen MR) is 73.1 cm³/mol. The number of hydrogen-bond donors (Lipinski definition) is 2. The van der Waals surface area contributed by atoms with Crippen molar-refractivity contribution in [1.82, 2.24) is 5.32 Å². The molecule has 1 aromatic rings. The molecule has 3 nitrogen and oxygen atoms in total. The molecule has 0 aromatic heterocycles. The van der Waals surface area contributed by atoms with E-state index in [4.69, 9.17) is 4.74 Å². The van der Waals surface area contributed by atoms with Crippen LogP contribution in [0, 0.1) is 23.5 Å². The van der Waals surface area contributed by atoms with Crippen LogP contribution in [0.25, 0.3) is 0 Å². The van der Waals surface area contributed by atoms with Gasteiger partial charge in [-0.2, -0.15) is 0 Å². The number of aliphatic hydroxyl groups excluding tert-OH is 1. The predicted octanol–water partition coefficient (Wildman–Crippen LogP) is 2.12. The van der Waals surface area contributed by atoms with Gasteiger partial charge in [-0.05, 0) is 49.9 Å². The van der Waals surface area contributed by atoms with Crippen LogP contribution < -0.4 is 10.1 Å². The highest BCUT2D eigenvalue weighted by Crippen LogP contribution is 2.35. The standard InChI is InChI=1S/C14H17F2NO2.ClH/c15-10-1-2-11(16)13(5-10)19-14-4-9-7-17-6-8(9)3-12(14)18;/h1-2,5,8-9,12,14,17-18H,3-4,6-7H2;1H/t8-,9+,12+,14+;/m0./s1. The number of aliphatic hydroxyl groups is 1. The van der Waals surface area contributed by atoms with Gasteiger partial charge >= 0.3 is 0 Å². The maximum absolute atomic E-state index is 13.5. The first-order valence-electron chi connectivity index (χ1n) is 6.64. The maximum Gasteiger partial charge on any atom is 0.165 e. The van der Waals surface area contributed by atoms with Gasteiger partial charge in [-0.15, -0.1) is 12.4 Å². The summed E-state index contributed by atoms with van der Waals surface area (Å²) in [4.78, 5) is 0. The van der Waals surface area contributed by atoms with E-state index in [-0.39, 0.29) is 18.2 Å². The first-order chi connectivity index (χ1) is 9.13. The molecule has 1 aliphatic carbocycles. The zero-order chi connectivity index (χ0) is 13.4. The molecule has 4 atom stereocenters. The molecule has 1 heterocycles. The number of rotatable bonds is 2. The van der Waals surface area contributed by atoms with Crippen molar-refractivity contribution in [2.24, 2.45) is 11.8 Å². The number of halogens is 3. The molecule has 0 radical (unpaired) electrons. The Morgan fingerprint density at radius 1 is 1.15 bits per heavy atom. The van der Waals surface area contributed by atoms with Gasteiger partial charge in [0.25, 0.3) is 0 Å². The van der Waals surface area contributed by atoms with E-state index in [0.29, 0.717) is 24.7 Å². The Morgan fingerprint density at radius 2 is 1.85 bits per heavy atom. The lowest BCUT2D eigenvalue weighted by Crippen LogP contribution is -2.42. The average Bonchev–Trinajstić information content (AvgIpc) is 2.81. The van der Waals surface area contributed by atoms with Gasteiger partial charge in [0, 0.05) is 6.07 Å². The zero-order valence-corrected chi connectivity index (χ0v) is 11.7. The van der Waals surface area contributed by atoms with Gasteiger partial charge in [0.15, 0.2) is 11.6 Å². The van der Waals surface area contributed by atoms with Crippen molar-refractivity contribution >= 4 is 12.4 Å². The Bertz CT molecular complexity index is 474. The molecule has 0 bridgehead atoms. The maximum atomic E-state index is 13.5. The molecule has 1 saturated heterocycles. The summed E-state index contributed by atoms with van der Waals surface area (Å²) >= 11 is 0. The molecule has 1 saturated carbocycles. The van der Waals surface area contributed by atoms with Crippen LogP contribution in [0.1, 0.15) is 12.8 Å². The summed E-state index contributed by atoms with van der Waals surface area (Å²) in [6, 6.07) is 3.12. The van der Waals surface area contributed by atoms with Gasteiger partial charge < -0.3 is 15.2 Å². The molecular formula is C14H18ClF2NO2. The molecule has 6 heteroatoms. The van der Waals surface area contributed by atoms with Crippen LogP contribution >= 0.6 is 12.4 Å². The van der Waals surface area contributed by atoms with Gasteiger partial charge in [0.1, 0.15) is 11.9 Å². The quantitative estimate of drug-likeness (QED) is 0.879. The molecule has 3 rings (SSSR count). The van der Waals surface area contributed by atoms with E-state index in [1.54, 1.807) is 0 Å². The highest BCUT2D eigenvalue weighted by Gasteiger charge is 2.40. The smallest absolute Gasteiger partial charge is 0.165 e. The molecule has 0 spiro atoms. The second-order valence-corrected chi connectivity index (χ2v) is 5.45. The molecule has 2 N–H and O–H groups in total. The minimum Gasteiger partial charge on any atom is -0.485 e. The summed E-state index contributed by atoms with van der Waals surface area (Å²) in [6.45, 7) is 1.83. The number of benzene rings is 1. The molecule has 1 aliphatic heterocycles. The fraction of sp³-hybridized carbons (Fsp3) is 0.571. The van der Waals surface area contributed by atoms with Crippen LogP contribution in [-0.2, 0) is 0 Å². The summed E-state index contributed by atoms with van der Waals surface area (Å²) in [6.07, 6.45) is 0.245. The van der Waals surface area contributed by atoms with Crippen molar-refractivity contribution in [2.75, 3.05) is 13.1 Å². The van der Waals surface area contributed by atoms with E-state index < -0.39 is 23.8 Å². The first-order valence-corrected chi connectivity index (χ1v) is 6.64. The summed E-state index contributed by atoms with van der Waals surface area (Å²) in [5.74, 6) is -0.340. The van der Waals surface area contributed by atoms with Gasteiger partial charge in [-0.3, -0.25) is 0 Å². The largest absolute Gasteiger partial charge is 0.485 e. The molecule has 20 heavy (non-hydrogen) atoms. The fourth-order valence-corrected chi connectivity index (χ4v) is 3.11. The lowest BCUT2D eigenvalue weighted by Gasteiger charge is -2.35. The molecular weight excluding hydrogens is 288 g/mol. The highest BCUT2D eigenvalue weighted by atomic mass is 35.5. The lowest BCUT2D eigenvalue weighted by atomic mass is 9.78. The van der Waals surface area contributed by atoms with Crippen molar-refractivity contribution in [3.63, 3.8) is 0 Å². The Kier molecular flexibility index (Phi) is 4.83. The third-order valence-electron chi connectivity index (χ3n) is 4.16. The minimum absolute atomic E-state index is 0. The van der Waals surface area contributed by atoms with Crippen LogP contribution in [-0.4, -0.2) is 30.4 Å². The number of hydrogen-bond acceptors (Lipinski definition) is 3. The Hall–Kier alpha value is -0.910. The van der Waals surface area contributed by atoms with Crippen LogP contribution in [0.2, 0.25) is 0 Å². The fourth-order valence-electron chi connectivity index (χ4n) is 3.11. The Balaban J connectivity index is 0.00000147. The monoisotopic (exact) mass is 305 g/mol. The highest BCUT2D eigenvalue weighted by molar-refractivity contribution is 5.85. The molecule has 1 aromatic carbocycles. The Labute approximate surface area is 122 Å². The third kappa shape index (κ3) is 3.05. The van der Waals surface area contributed by atoms with Gasteiger partial charge in [0.2, 0.25) is 0 Å². The van der Waals surface area contributed by atoms with E-state index in [2.05, 4.69) is 5.32 Å². The zero-order valence-electron chi connectivity index (χ0n) is 10.9. The van der Waals surface area contributed by atoms with Crippen LogP contribution in [0.4, 0.5) is 8.78 Å². The van der Waals surface area contributed by atoms with E-state index in [9.17, 15) is 13.9 Å². The summed E-state index contributed by atoms with van der Waals surface area (Å²) in [5, 5.41) is 13.4. The lowest BCUT2D eigenvalue weighted by molar-refractivity contribution is -0.0247. The second kappa shape index (κ2) is 6.24. The number of ether oxygens (including phenoxy) is 1. The van der Waals surface area contributed by atoms with Crippen molar-refractivity contribution < 1.29 is 18.6 Å². The van der Waals surface area contributed by atoms with E-state index in [0.717, 1.165) is 31.3 Å². The summed E-state index contributed by atoms with van der Waals surface area (Å²) in [5.41, 5.74) is 0.